The Morgan fingerprint density at radius 1 is 1.16 bits per heavy atom. The number of amides is 1. The summed E-state index contributed by atoms with van der Waals surface area (Å²) in [5.74, 6) is 0.619. The molecule has 1 unspecified atom stereocenters. The van der Waals surface area contributed by atoms with Crippen LogP contribution in [0.15, 0.2) is 60.7 Å². The van der Waals surface area contributed by atoms with E-state index in [4.69, 9.17) is 4.74 Å². The van der Waals surface area contributed by atoms with Gasteiger partial charge < -0.3 is 10.1 Å². The van der Waals surface area contributed by atoms with Gasteiger partial charge in [-0.3, -0.25) is 9.89 Å². The molecular formula is C20H21N3O2. The van der Waals surface area contributed by atoms with Crippen molar-refractivity contribution >= 4 is 5.91 Å². The molecule has 1 heterocycles. The van der Waals surface area contributed by atoms with Gasteiger partial charge in [0.15, 0.2) is 0 Å². The Kier molecular flexibility index (Phi) is 5.14. The molecule has 128 valence electrons. The molecule has 0 bridgehead atoms. The van der Waals surface area contributed by atoms with Crippen LogP contribution in [0.5, 0.6) is 5.75 Å². The van der Waals surface area contributed by atoms with Crippen molar-refractivity contribution in [3.63, 3.8) is 0 Å². The van der Waals surface area contributed by atoms with Gasteiger partial charge in [0, 0.05) is 5.56 Å². The number of H-pyrrole nitrogens is 1. The fraction of sp³-hybridized carbons (Fsp3) is 0.200. The van der Waals surface area contributed by atoms with Gasteiger partial charge in [-0.05, 0) is 42.3 Å². The largest absolute Gasteiger partial charge is 0.497 e. The van der Waals surface area contributed by atoms with E-state index in [0.717, 1.165) is 29.0 Å². The topological polar surface area (TPSA) is 67.0 Å². The number of aromatic nitrogens is 2. The summed E-state index contributed by atoms with van der Waals surface area (Å²) in [5, 5.41) is 10.1. The summed E-state index contributed by atoms with van der Waals surface area (Å²) in [6, 6.07) is 19.2. The van der Waals surface area contributed by atoms with Gasteiger partial charge in [-0.15, -0.1) is 0 Å². The lowest BCUT2D eigenvalue weighted by atomic mass is 10.0. The maximum Gasteiger partial charge on any atom is 0.269 e. The second-order valence-corrected chi connectivity index (χ2v) is 5.74. The van der Waals surface area contributed by atoms with Crippen molar-refractivity contribution in [1.29, 1.82) is 0 Å². The lowest BCUT2D eigenvalue weighted by Crippen LogP contribution is -2.28. The zero-order valence-corrected chi connectivity index (χ0v) is 14.3. The van der Waals surface area contributed by atoms with Crippen LogP contribution in [0.25, 0.3) is 11.3 Å². The van der Waals surface area contributed by atoms with E-state index in [9.17, 15) is 4.79 Å². The van der Waals surface area contributed by atoms with Crippen molar-refractivity contribution in [3.05, 3.63) is 71.9 Å². The monoisotopic (exact) mass is 335 g/mol. The summed E-state index contributed by atoms with van der Waals surface area (Å²) in [6.45, 7) is 2.05. The van der Waals surface area contributed by atoms with Crippen LogP contribution in [-0.4, -0.2) is 23.2 Å². The quantitative estimate of drug-likeness (QED) is 0.716. The third kappa shape index (κ3) is 3.88. The lowest BCUT2D eigenvalue weighted by Gasteiger charge is -2.16. The second-order valence-electron chi connectivity index (χ2n) is 5.74. The van der Waals surface area contributed by atoms with Crippen LogP contribution in [0.3, 0.4) is 0 Å². The zero-order chi connectivity index (χ0) is 17.6. The average Bonchev–Trinajstić information content (AvgIpc) is 3.17. The van der Waals surface area contributed by atoms with E-state index in [2.05, 4.69) is 15.5 Å². The van der Waals surface area contributed by atoms with E-state index in [1.54, 1.807) is 13.2 Å². The highest BCUT2D eigenvalue weighted by Gasteiger charge is 2.16. The standard InChI is InChI=1S/C20H21N3O2/c1-3-17(14-7-5-4-6-8-14)21-20(24)19-13-18(22-23-19)15-9-11-16(25-2)12-10-15/h4-13,17H,3H2,1-2H3,(H,21,24)(H,22,23). The first kappa shape index (κ1) is 16.8. The van der Waals surface area contributed by atoms with Gasteiger partial charge in [-0.1, -0.05) is 37.3 Å². The van der Waals surface area contributed by atoms with Crippen molar-refractivity contribution in [1.82, 2.24) is 15.5 Å². The number of nitrogens with zero attached hydrogens (tertiary/aromatic N) is 1. The Morgan fingerprint density at radius 2 is 1.88 bits per heavy atom. The number of carbonyl (C=O) groups excluding carboxylic acids is 1. The molecule has 1 atom stereocenters. The van der Waals surface area contributed by atoms with E-state index < -0.39 is 0 Å². The highest BCUT2D eigenvalue weighted by atomic mass is 16.5. The summed E-state index contributed by atoms with van der Waals surface area (Å²) < 4.78 is 5.15. The molecule has 1 aromatic heterocycles. The number of nitrogens with one attached hydrogen (secondary N) is 2. The van der Waals surface area contributed by atoms with E-state index in [0.29, 0.717) is 5.69 Å². The maximum absolute atomic E-state index is 12.5. The zero-order valence-electron chi connectivity index (χ0n) is 14.3. The first-order valence-electron chi connectivity index (χ1n) is 8.27. The lowest BCUT2D eigenvalue weighted by molar-refractivity contribution is 0.0930. The van der Waals surface area contributed by atoms with Crippen molar-refractivity contribution in [2.24, 2.45) is 0 Å². The van der Waals surface area contributed by atoms with Crippen LogP contribution in [-0.2, 0) is 0 Å². The molecule has 0 saturated carbocycles. The van der Waals surface area contributed by atoms with Crippen molar-refractivity contribution in [3.8, 4) is 17.0 Å². The third-order valence-corrected chi connectivity index (χ3v) is 4.12. The summed E-state index contributed by atoms with van der Waals surface area (Å²) in [7, 11) is 1.63. The number of aromatic amines is 1. The summed E-state index contributed by atoms with van der Waals surface area (Å²) in [4.78, 5) is 12.5. The van der Waals surface area contributed by atoms with Gasteiger partial charge in [0.2, 0.25) is 0 Å². The second kappa shape index (κ2) is 7.66. The number of hydrogen-bond donors (Lipinski definition) is 2. The van der Waals surface area contributed by atoms with Gasteiger partial charge in [0.05, 0.1) is 18.8 Å². The molecule has 2 aromatic carbocycles. The van der Waals surface area contributed by atoms with Gasteiger partial charge in [-0.25, -0.2) is 0 Å². The van der Waals surface area contributed by atoms with Crippen LogP contribution in [0.4, 0.5) is 0 Å². The number of rotatable bonds is 6. The van der Waals surface area contributed by atoms with E-state index in [-0.39, 0.29) is 11.9 Å². The Hall–Kier alpha value is -3.08. The van der Waals surface area contributed by atoms with E-state index in [1.807, 2.05) is 61.5 Å². The summed E-state index contributed by atoms with van der Waals surface area (Å²) in [6.07, 6.45) is 0.815. The number of ether oxygens (including phenoxy) is 1. The molecule has 0 saturated heterocycles. The van der Waals surface area contributed by atoms with Gasteiger partial charge >= 0.3 is 0 Å². The fourth-order valence-electron chi connectivity index (χ4n) is 2.69. The molecule has 0 radical (unpaired) electrons. The molecule has 1 amide bonds. The molecule has 0 fully saturated rings. The Bertz CT molecular complexity index is 826. The first-order chi connectivity index (χ1) is 12.2. The van der Waals surface area contributed by atoms with Gasteiger partial charge in [0.1, 0.15) is 11.4 Å². The van der Waals surface area contributed by atoms with Crippen LogP contribution in [0.1, 0.15) is 35.4 Å². The minimum atomic E-state index is -0.164. The molecule has 0 aliphatic carbocycles. The molecule has 3 rings (SSSR count). The summed E-state index contributed by atoms with van der Waals surface area (Å²) in [5.41, 5.74) is 3.18. The molecule has 0 aliphatic rings. The van der Waals surface area contributed by atoms with Gasteiger partial charge in [0.25, 0.3) is 5.91 Å². The first-order valence-corrected chi connectivity index (χ1v) is 8.27. The molecule has 0 aliphatic heterocycles. The van der Waals surface area contributed by atoms with E-state index >= 15 is 0 Å². The summed E-state index contributed by atoms with van der Waals surface area (Å²) >= 11 is 0. The van der Waals surface area contributed by atoms with Crippen LogP contribution in [0.2, 0.25) is 0 Å². The van der Waals surface area contributed by atoms with Crippen molar-refractivity contribution in [2.75, 3.05) is 7.11 Å². The van der Waals surface area contributed by atoms with Crippen LogP contribution >= 0.6 is 0 Å². The normalized spacial score (nSPS) is 11.8. The molecule has 2 N–H and O–H groups in total. The highest BCUT2D eigenvalue weighted by Crippen LogP contribution is 2.22. The number of methoxy groups -OCH3 is 1. The van der Waals surface area contributed by atoms with Crippen molar-refractivity contribution < 1.29 is 9.53 Å². The number of hydrogen-bond acceptors (Lipinski definition) is 3. The molecular weight excluding hydrogens is 314 g/mol. The minimum Gasteiger partial charge on any atom is -0.497 e. The smallest absolute Gasteiger partial charge is 0.269 e. The maximum atomic E-state index is 12.5. The Labute approximate surface area is 147 Å². The van der Waals surface area contributed by atoms with E-state index in [1.165, 1.54) is 0 Å². The van der Waals surface area contributed by atoms with Crippen LogP contribution in [0, 0.1) is 0 Å². The van der Waals surface area contributed by atoms with Crippen molar-refractivity contribution in [2.45, 2.75) is 19.4 Å². The predicted molar refractivity (Wildman–Crippen MR) is 97.5 cm³/mol. The number of benzene rings is 2. The molecule has 25 heavy (non-hydrogen) atoms. The molecule has 3 aromatic rings. The molecule has 0 spiro atoms. The third-order valence-electron chi connectivity index (χ3n) is 4.12. The number of carbonyl (C=O) groups is 1. The fourth-order valence-corrected chi connectivity index (χ4v) is 2.69. The molecule has 5 nitrogen and oxygen atoms in total. The van der Waals surface area contributed by atoms with Gasteiger partial charge in [-0.2, -0.15) is 5.10 Å². The SMILES string of the molecule is CCC(NC(=O)c1cc(-c2ccc(OC)cc2)n[nH]1)c1ccccc1. The minimum absolute atomic E-state index is 0.0264. The highest BCUT2D eigenvalue weighted by molar-refractivity contribution is 5.93. The molecule has 5 heteroatoms. The Morgan fingerprint density at radius 3 is 2.52 bits per heavy atom. The predicted octanol–water partition coefficient (Wildman–Crippen LogP) is 3.97. The Balaban J connectivity index is 1.73. The van der Waals surface area contributed by atoms with Crippen LogP contribution < -0.4 is 10.1 Å². The average molecular weight is 335 g/mol.